The second kappa shape index (κ2) is 7.90. The molecule has 0 spiro atoms. The molecule has 2 aromatic rings. The van der Waals surface area contributed by atoms with Crippen LogP contribution in [0.1, 0.15) is 27.8 Å². The highest BCUT2D eigenvalue weighted by molar-refractivity contribution is 7.94. The van der Waals surface area contributed by atoms with Crippen LogP contribution in [0.5, 0.6) is 17.2 Å². The van der Waals surface area contributed by atoms with Crippen molar-refractivity contribution in [1.82, 2.24) is 0 Å². The van der Waals surface area contributed by atoms with Gasteiger partial charge >= 0.3 is 0 Å². The van der Waals surface area contributed by atoms with Gasteiger partial charge in [-0.25, -0.2) is 0 Å². The minimum atomic E-state index is 0.734. The van der Waals surface area contributed by atoms with E-state index in [1.807, 2.05) is 52.8 Å². The van der Waals surface area contributed by atoms with Crippen molar-refractivity contribution in [3.8, 4) is 17.2 Å². The minimum Gasteiger partial charge on any atom is -0.691 e. The number of aryl methyl sites for hydroxylation is 4. The number of methoxy groups -OCH3 is 1. The van der Waals surface area contributed by atoms with Gasteiger partial charge in [0.1, 0.15) is 17.2 Å². The van der Waals surface area contributed by atoms with Crippen molar-refractivity contribution in [3.05, 3.63) is 46.0 Å². The summed E-state index contributed by atoms with van der Waals surface area (Å²) in [5, 5.41) is 13.6. The van der Waals surface area contributed by atoms with E-state index in [2.05, 4.69) is 9.37 Å². The third-order valence-electron chi connectivity index (χ3n) is 3.83. The summed E-state index contributed by atoms with van der Waals surface area (Å²) in [5.41, 5.74) is 4.89. The molecule has 0 aromatic heterocycles. The summed E-state index contributed by atoms with van der Waals surface area (Å²) >= 11 is 0.885. The summed E-state index contributed by atoms with van der Waals surface area (Å²) in [6.07, 6.45) is 0. The smallest absolute Gasteiger partial charge is 0.134 e. The lowest BCUT2D eigenvalue weighted by atomic mass is 10.1. The standard InChI is InChI=1S/C18H22O5S/c1-10-7-13(4)18(24-23-22-19)14(5)17(10)21-15-8-11(2)16(20-6)12(3)9-15/h7-9,19H,1-6H3/p-1. The van der Waals surface area contributed by atoms with E-state index in [9.17, 15) is 5.26 Å². The molecule has 5 nitrogen and oxygen atoms in total. The maximum absolute atomic E-state index is 10.1. The first-order chi connectivity index (χ1) is 11.4. The monoisotopic (exact) mass is 349 g/mol. The molecule has 6 heteroatoms. The summed E-state index contributed by atoms with van der Waals surface area (Å²) in [7, 11) is 1.66. The Hall–Kier alpha value is -1.73. The van der Waals surface area contributed by atoms with Crippen molar-refractivity contribution in [3.63, 3.8) is 0 Å². The maximum atomic E-state index is 10.1. The lowest BCUT2D eigenvalue weighted by Gasteiger charge is -2.18. The van der Waals surface area contributed by atoms with Gasteiger partial charge in [0.2, 0.25) is 0 Å². The van der Waals surface area contributed by atoms with Gasteiger partial charge in [0, 0.05) is 10.5 Å². The fourth-order valence-corrected chi connectivity index (χ4v) is 3.40. The van der Waals surface area contributed by atoms with E-state index in [4.69, 9.17) is 9.47 Å². The predicted octanol–water partition coefficient (Wildman–Crippen LogP) is 4.26. The summed E-state index contributed by atoms with van der Waals surface area (Å²) < 4.78 is 16.0. The Morgan fingerprint density at radius 2 is 1.42 bits per heavy atom. The molecule has 0 aliphatic carbocycles. The first kappa shape index (κ1) is 18.6. The Bertz CT molecular complexity index is 720. The number of hydrogen-bond acceptors (Lipinski definition) is 6. The van der Waals surface area contributed by atoms with Crippen molar-refractivity contribution in [2.75, 3.05) is 7.11 Å². The third-order valence-corrected chi connectivity index (χ3v) is 4.75. The van der Waals surface area contributed by atoms with E-state index in [1.54, 1.807) is 7.11 Å². The highest BCUT2D eigenvalue weighted by atomic mass is 32.2. The molecule has 2 aromatic carbocycles. The number of hydrogen-bond donors (Lipinski definition) is 0. The molecule has 0 saturated heterocycles. The molecule has 0 fully saturated rings. The van der Waals surface area contributed by atoms with Gasteiger partial charge in [-0.15, -0.1) is 0 Å². The van der Waals surface area contributed by atoms with E-state index < -0.39 is 0 Å². The van der Waals surface area contributed by atoms with Crippen LogP contribution in [0.4, 0.5) is 0 Å². The lowest BCUT2D eigenvalue weighted by Crippen LogP contribution is -2.02. The Labute approximate surface area is 146 Å². The van der Waals surface area contributed by atoms with Gasteiger partial charge in [0.15, 0.2) is 0 Å². The molecule has 0 bridgehead atoms. The van der Waals surface area contributed by atoms with Gasteiger partial charge in [0.25, 0.3) is 0 Å². The molecule has 0 aliphatic rings. The predicted molar refractivity (Wildman–Crippen MR) is 91.2 cm³/mol. The van der Waals surface area contributed by atoms with Crippen LogP contribution in [-0.2, 0) is 9.37 Å². The van der Waals surface area contributed by atoms with E-state index in [-0.39, 0.29) is 0 Å². The highest BCUT2D eigenvalue weighted by Gasteiger charge is 2.15. The van der Waals surface area contributed by atoms with Crippen LogP contribution in [0.2, 0.25) is 0 Å². The van der Waals surface area contributed by atoms with Gasteiger partial charge in [-0.05, 0) is 69.0 Å². The SMILES string of the molecule is COc1c(C)cc(Oc2c(C)cc(C)c(SOO[O-])c2C)cc1C. The van der Waals surface area contributed by atoms with Crippen molar-refractivity contribution in [1.29, 1.82) is 0 Å². The molecule has 130 valence electrons. The van der Waals surface area contributed by atoms with Crippen LogP contribution < -0.4 is 14.7 Å². The van der Waals surface area contributed by atoms with Gasteiger partial charge in [-0.1, -0.05) is 6.07 Å². The second-order valence-corrected chi connectivity index (χ2v) is 6.42. The third kappa shape index (κ3) is 3.84. The molecule has 0 unspecified atom stereocenters. The van der Waals surface area contributed by atoms with Gasteiger partial charge in [-0.3, -0.25) is 5.04 Å². The molecular weight excluding hydrogens is 328 g/mol. The van der Waals surface area contributed by atoms with E-state index in [0.29, 0.717) is 0 Å². The highest BCUT2D eigenvalue weighted by Crippen LogP contribution is 2.39. The molecule has 0 amide bonds. The van der Waals surface area contributed by atoms with Gasteiger partial charge in [-0.2, -0.15) is 4.33 Å². The lowest BCUT2D eigenvalue weighted by molar-refractivity contribution is -0.777. The summed E-state index contributed by atoms with van der Waals surface area (Å²) in [6, 6.07) is 5.87. The normalized spacial score (nSPS) is 10.8. The van der Waals surface area contributed by atoms with Crippen molar-refractivity contribution < 1.29 is 24.1 Å². The largest absolute Gasteiger partial charge is 0.691 e. The van der Waals surface area contributed by atoms with Crippen LogP contribution in [0.15, 0.2) is 23.1 Å². The zero-order chi connectivity index (χ0) is 17.9. The molecule has 0 atom stereocenters. The minimum absolute atomic E-state index is 0.734. The molecule has 0 saturated carbocycles. The molecular formula is C18H21O5S-. The average Bonchev–Trinajstić information content (AvgIpc) is 2.51. The van der Waals surface area contributed by atoms with E-state index >= 15 is 0 Å². The van der Waals surface area contributed by atoms with Crippen molar-refractivity contribution in [2.24, 2.45) is 0 Å². The van der Waals surface area contributed by atoms with Crippen molar-refractivity contribution >= 4 is 12.0 Å². The van der Waals surface area contributed by atoms with Crippen LogP contribution >= 0.6 is 12.0 Å². The summed E-state index contributed by atoms with van der Waals surface area (Å²) in [6.45, 7) is 9.82. The fraction of sp³-hybridized carbons (Fsp3) is 0.333. The zero-order valence-corrected chi connectivity index (χ0v) is 15.5. The Kier molecular flexibility index (Phi) is 6.12. The molecule has 0 aliphatic heterocycles. The topological polar surface area (TPSA) is 60.0 Å². The first-order valence-electron chi connectivity index (χ1n) is 7.46. The fourth-order valence-electron chi connectivity index (χ4n) is 2.89. The van der Waals surface area contributed by atoms with Crippen LogP contribution in [0, 0.1) is 34.6 Å². The molecule has 2 rings (SSSR count). The maximum Gasteiger partial charge on any atom is 0.134 e. The van der Waals surface area contributed by atoms with Gasteiger partial charge < -0.3 is 14.7 Å². The number of ether oxygens (including phenoxy) is 2. The van der Waals surface area contributed by atoms with Crippen LogP contribution in [0.3, 0.4) is 0 Å². The van der Waals surface area contributed by atoms with E-state index in [0.717, 1.165) is 62.0 Å². The van der Waals surface area contributed by atoms with Crippen molar-refractivity contribution in [2.45, 2.75) is 39.5 Å². The second-order valence-electron chi connectivity index (χ2n) is 5.71. The van der Waals surface area contributed by atoms with E-state index in [1.165, 1.54) is 0 Å². The number of rotatable bonds is 6. The number of benzene rings is 2. The molecule has 0 heterocycles. The molecule has 0 N–H and O–H groups in total. The quantitative estimate of drug-likeness (QED) is 0.441. The Morgan fingerprint density at radius 1 is 0.833 bits per heavy atom. The van der Waals surface area contributed by atoms with Crippen LogP contribution in [0.25, 0.3) is 0 Å². The molecule has 24 heavy (non-hydrogen) atoms. The van der Waals surface area contributed by atoms with Crippen LogP contribution in [-0.4, -0.2) is 7.11 Å². The summed E-state index contributed by atoms with van der Waals surface area (Å²) in [5.74, 6) is 2.33. The van der Waals surface area contributed by atoms with Gasteiger partial charge in [0.05, 0.1) is 19.2 Å². The Morgan fingerprint density at radius 3 is 1.96 bits per heavy atom. The first-order valence-corrected chi connectivity index (χ1v) is 8.20. The Balaban J connectivity index is 2.43. The molecule has 0 radical (unpaired) electrons. The average molecular weight is 349 g/mol. The zero-order valence-electron chi connectivity index (χ0n) is 14.7. The summed E-state index contributed by atoms with van der Waals surface area (Å²) in [4.78, 5) is 0.799.